The summed E-state index contributed by atoms with van der Waals surface area (Å²) in [5.74, 6) is 0.767. The molecule has 20 heavy (non-hydrogen) atoms. The zero-order valence-electron chi connectivity index (χ0n) is 10.00. The molecule has 0 heterocycles. The van der Waals surface area contributed by atoms with E-state index in [9.17, 15) is 4.79 Å². The molecule has 0 N–H and O–H groups in total. The van der Waals surface area contributed by atoms with E-state index in [-0.39, 0.29) is 0 Å². The molecule has 0 aromatic heterocycles. The third-order valence-corrected chi connectivity index (χ3v) is 4.87. The van der Waals surface area contributed by atoms with Crippen LogP contribution in [-0.2, 0) is 6.61 Å². The lowest BCUT2D eigenvalue weighted by Crippen LogP contribution is -2.00. The molecule has 104 valence electrons. The van der Waals surface area contributed by atoms with E-state index in [0.717, 1.165) is 24.7 Å². The summed E-state index contributed by atoms with van der Waals surface area (Å²) in [6, 6.07) is 8.98. The van der Waals surface area contributed by atoms with Crippen molar-refractivity contribution in [2.45, 2.75) is 6.61 Å². The number of aldehydes is 1. The van der Waals surface area contributed by atoms with E-state index >= 15 is 0 Å². The van der Waals surface area contributed by atoms with E-state index in [2.05, 4.69) is 45.2 Å². The van der Waals surface area contributed by atoms with Crippen LogP contribution < -0.4 is 4.74 Å². The molecule has 0 bridgehead atoms. The molecule has 2 aromatic rings. The normalized spacial score (nSPS) is 10.4. The van der Waals surface area contributed by atoms with E-state index in [4.69, 9.17) is 27.9 Å². The quantitative estimate of drug-likeness (QED) is 0.379. The fourth-order valence-electron chi connectivity index (χ4n) is 1.57. The Bertz CT molecular complexity index is 637. The lowest BCUT2D eigenvalue weighted by Gasteiger charge is -2.11. The zero-order chi connectivity index (χ0) is 14.7. The summed E-state index contributed by atoms with van der Waals surface area (Å²) >= 11 is 16.1. The minimum absolute atomic E-state index is 0.392. The molecule has 2 rings (SSSR count). The first-order valence-electron chi connectivity index (χ1n) is 5.52. The van der Waals surface area contributed by atoms with E-state index < -0.39 is 0 Å². The Hall–Kier alpha value is -0.0500. The number of ether oxygens (including phenoxy) is 1. The predicted octanol–water partition coefficient (Wildman–Crippen LogP) is 5.59. The van der Waals surface area contributed by atoms with Crippen LogP contribution in [0.4, 0.5) is 0 Å². The summed E-state index contributed by atoms with van der Waals surface area (Å²) < 4.78 is 7.61. The fourth-order valence-corrected chi connectivity index (χ4v) is 4.02. The van der Waals surface area contributed by atoms with Crippen LogP contribution in [0.1, 0.15) is 15.9 Å². The van der Waals surface area contributed by atoms with Crippen molar-refractivity contribution in [3.63, 3.8) is 0 Å². The van der Waals surface area contributed by atoms with Gasteiger partial charge in [-0.25, -0.2) is 0 Å². The number of rotatable bonds is 4. The third-order valence-electron chi connectivity index (χ3n) is 2.52. The molecule has 0 spiro atoms. The van der Waals surface area contributed by atoms with Gasteiger partial charge in [-0.2, -0.15) is 0 Å². The highest BCUT2D eigenvalue weighted by atomic mass is 127. The van der Waals surface area contributed by atoms with Crippen LogP contribution in [0.2, 0.25) is 10.0 Å². The highest BCUT2D eigenvalue weighted by Crippen LogP contribution is 2.30. The summed E-state index contributed by atoms with van der Waals surface area (Å²) in [5, 5.41) is 1.03. The first-order chi connectivity index (χ1) is 9.51. The van der Waals surface area contributed by atoms with Crippen molar-refractivity contribution >= 4 is 74.7 Å². The Morgan fingerprint density at radius 3 is 2.25 bits per heavy atom. The van der Waals surface area contributed by atoms with Gasteiger partial charge in [0.15, 0.2) is 0 Å². The van der Waals surface area contributed by atoms with Gasteiger partial charge in [0.2, 0.25) is 0 Å². The van der Waals surface area contributed by atoms with E-state index in [1.54, 1.807) is 24.3 Å². The Balaban J connectivity index is 2.18. The number of benzene rings is 2. The Kier molecular flexibility index (Phi) is 5.95. The zero-order valence-corrected chi connectivity index (χ0v) is 15.8. The van der Waals surface area contributed by atoms with E-state index in [0.29, 0.717) is 22.2 Å². The maximum Gasteiger partial charge on any atom is 0.150 e. The van der Waals surface area contributed by atoms with Gasteiger partial charge < -0.3 is 4.74 Å². The standard InChI is InChI=1S/C14H8Cl2I2O2/c15-10-2-1-8(3-11(10)16)7-20-14-12(17)4-9(6-19)5-13(14)18/h1-6H,7H2. The Morgan fingerprint density at radius 2 is 1.70 bits per heavy atom. The van der Waals surface area contributed by atoms with Crippen molar-refractivity contribution in [1.82, 2.24) is 0 Å². The van der Waals surface area contributed by atoms with Crippen LogP contribution in [-0.4, -0.2) is 6.29 Å². The van der Waals surface area contributed by atoms with Gasteiger partial charge in [-0.05, 0) is 75.0 Å². The van der Waals surface area contributed by atoms with Crippen molar-refractivity contribution in [1.29, 1.82) is 0 Å². The molecule has 0 aliphatic heterocycles. The highest BCUT2D eigenvalue weighted by molar-refractivity contribution is 14.1. The second-order valence-electron chi connectivity index (χ2n) is 3.97. The van der Waals surface area contributed by atoms with Gasteiger partial charge in [0, 0.05) is 5.56 Å². The summed E-state index contributed by atoms with van der Waals surface area (Å²) in [6.45, 7) is 0.392. The molecular formula is C14H8Cl2I2O2. The molecule has 0 atom stereocenters. The Morgan fingerprint density at radius 1 is 1.05 bits per heavy atom. The van der Waals surface area contributed by atoms with Gasteiger partial charge in [-0.15, -0.1) is 0 Å². The number of halogens is 4. The summed E-state index contributed by atoms with van der Waals surface area (Å²) in [4.78, 5) is 10.8. The van der Waals surface area contributed by atoms with Gasteiger partial charge in [-0.3, -0.25) is 4.79 Å². The first-order valence-corrected chi connectivity index (χ1v) is 8.43. The summed E-state index contributed by atoms with van der Waals surface area (Å²) in [6.07, 6.45) is 0.826. The van der Waals surface area contributed by atoms with Crippen LogP contribution in [0, 0.1) is 7.14 Å². The van der Waals surface area contributed by atoms with E-state index in [1.807, 2.05) is 6.07 Å². The van der Waals surface area contributed by atoms with Gasteiger partial charge in [-0.1, -0.05) is 29.3 Å². The van der Waals surface area contributed by atoms with Crippen molar-refractivity contribution in [3.8, 4) is 5.75 Å². The van der Waals surface area contributed by atoms with Crippen molar-refractivity contribution in [3.05, 3.63) is 58.6 Å². The lowest BCUT2D eigenvalue weighted by molar-refractivity contribution is 0.112. The maximum absolute atomic E-state index is 10.8. The molecule has 0 fully saturated rings. The fraction of sp³-hybridized carbons (Fsp3) is 0.0714. The van der Waals surface area contributed by atoms with Crippen LogP contribution in [0.25, 0.3) is 0 Å². The Labute approximate surface area is 154 Å². The molecule has 0 amide bonds. The topological polar surface area (TPSA) is 26.3 Å². The predicted molar refractivity (Wildman–Crippen MR) is 98.1 cm³/mol. The molecule has 0 saturated carbocycles. The minimum atomic E-state index is 0.392. The molecule has 0 aliphatic carbocycles. The molecule has 6 heteroatoms. The molecule has 2 aromatic carbocycles. The van der Waals surface area contributed by atoms with Gasteiger partial charge >= 0.3 is 0 Å². The average Bonchev–Trinajstić information content (AvgIpc) is 2.41. The van der Waals surface area contributed by atoms with E-state index in [1.165, 1.54) is 0 Å². The van der Waals surface area contributed by atoms with Gasteiger partial charge in [0.05, 0.1) is 17.2 Å². The maximum atomic E-state index is 10.8. The molecule has 0 radical (unpaired) electrons. The average molecular weight is 533 g/mol. The minimum Gasteiger partial charge on any atom is -0.487 e. The van der Waals surface area contributed by atoms with Crippen LogP contribution in [0.3, 0.4) is 0 Å². The second kappa shape index (κ2) is 7.29. The molecule has 2 nitrogen and oxygen atoms in total. The molecular weight excluding hydrogens is 525 g/mol. The highest BCUT2D eigenvalue weighted by Gasteiger charge is 2.09. The molecule has 0 aliphatic rings. The second-order valence-corrected chi connectivity index (χ2v) is 7.11. The molecule has 0 saturated heterocycles. The number of carbonyl (C=O) groups is 1. The van der Waals surface area contributed by atoms with Gasteiger partial charge in [0.1, 0.15) is 18.6 Å². The monoisotopic (exact) mass is 532 g/mol. The van der Waals surface area contributed by atoms with Gasteiger partial charge in [0.25, 0.3) is 0 Å². The first kappa shape index (κ1) is 16.3. The van der Waals surface area contributed by atoms with Crippen molar-refractivity contribution in [2.75, 3.05) is 0 Å². The number of hydrogen-bond donors (Lipinski definition) is 0. The number of hydrogen-bond acceptors (Lipinski definition) is 2. The molecule has 0 unspecified atom stereocenters. The third kappa shape index (κ3) is 3.99. The lowest BCUT2D eigenvalue weighted by atomic mass is 10.2. The number of carbonyl (C=O) groups excluding carboxylic acids is 1. The van der Waals surface area contributed by atoms with Crippen LogP contribution in [0.15, 0.2) is 30.3 Å². The van der Waals surface area contributed by atoms with Crippen molar-refractivity contribution in [2.24, 2.45) is 0 Å². The largest absolute Gasteiger partial charge is 0.487 e. The summed E-state index contributed by atoms with van der Waals surface area (Å²) in [5.41, 5.74) is 1.58. The SMILES string of the molecule is O=Cc1cc(I)c(OCc2ccc(Cl)c(Cl)c2)c(I)c1. The van der Waals surface area contributed by atoms with Crippen molar-refractivity contribution < 1.29 is 9.53 Å². The van der Waals surface area contributed by atoms with Crippen LogP contribution >= 0.6 is 68.4 Å². The van der Waals surface area contributed by atoms with Crippen LogP contribution in [0.5, 0.6) is 5.75 Å². The smallest absolute Gasteiger partial charge is 0.150 e. The summed E-state index contributed by atoms with van der Waals surface area (Å²) in [7, 11) is 0.